The zero-order valence-electron chi connectivity index (χ0n) is 13.1. The lowest BCUT2D eigenvalue weighted by molar-refractivity contribution is -0.116. The van der Waals surface area contributed by atoms with Crippen molar-refractivity contribution in [2.24, 2.45) is 5.92 Å². The third kappa shape index (κ3) is 5.61. The second kappa shape index (κ2) is 7.90. The predicted octanol–water partition coefficient (Wildman–Crippen LogP) is 2.88. The Morgan fingerprint density at radius 1 is 1.40 bits per heavy atom. The number of amides is 1. The van der Waals surface area contributed by atoms with Crippen molar-refractivity contribution in [3.05, 3.63) is 23.8 Å². The van der Waals surface area contributed by atoms with Gasteiger partial charge in [-0.15, -0.1) is 0 Å². The number of hydrogen-bond acceptors (Lipinski definition) is 3. The van der Waals surface area contributed by atoms with Gasteiger partial charge >= 0.3 is 0 Å². The summed E-state index contributed by atoms with van der Waals surface area (Å²) in [7, 11) is 2.10. The number of hydrogen-bond donors (Lipinski definition) is 2. The lowest BCUT2D eigenvalue weighted by Gasteiger charge is -2.18. The van der Waals surface area contributed by atoms with Gasteiger partial charge in [-0.05, 0) is 50.6 Å². The Kier molecular flexibility index (Phi) is 6.52. The van der Waals surface area contributed by atoms with Gasteiger partial charge in [0.1, 0.15) is 0 Å². The normalized spacial score (nSPS) is 11.1. The van der Waals surface area contributed by atoms with Crippen LogP contribution in [0.3, 0.4) is 0 Å². The number of nitrogens with zero attached hydrogens (tertiary/aromatic N) is 1. The van der Waals surface area contributed by atoms with Gasteiger partial charge in [-0.25, -0.2) is 0 Å². The fourth-order valence-electron chi connectivity index (χ4n) is 2.23. The van der Waals surface area contributed by atoms with Crippen LogP contribution in [0.2, 0.25) is 0 Å². The van der Waals surface area contributed by atoms with Gasteiger partial charge in [-0.2, -0.15) is 0 Å². The molecule has 1 aromatic carbocycles. The van der Waals surface area contributed by atoms with Crippen LogP contribution in [0.1, 0.15) is 32.3 Å². The maximum absolute atomic E-state index is 11.9. The van der Waals surface area contributed by atoms with E-state index in [1.165, 1.54) is 0 Å². The number of rotatable bonds is 7. The summed E-state index contributed by atoms with van der Waals surface area (Å²) in [4.78, 5) is 14.2. The molecule has 0 radical (unpaired) electrons. The maximum Gasteiger partial charge on any atom is 0.224 e. The molecule has 0 bridgehead atoms. The van der Waals surface area contributed by atoms with Crippen molar-refractivity contribution >= 4 is 17.3 Å². The van der Waals surface area contributed by atoms with E-state index in [2.05, 4.69) is 31.1 Å². The van der Waals surface area contributed by atoms with E-state index in [1.54, 1.807) is 0 Å². The minimum Gasteiger partial charge on any atom is -0.398 e. The Hall–Kier alpha value is -1.55. The molecule has 1 amide bonds. The minimum absolute atomic E-state index is 0.0525. The van der Waals surface area contributed by atoms with Gasteiger partial charge in [-0.3, -0.25) is 4.79 Å². The van der Waals surface area contributed by atoms with E-state index in [4.69, 9.17) is 5.73 Å². The Balaban J connectivity index is 2.35. The van der Waals surface area contributed by atoms with E-state index < -0.39 is 0 Å². The van der Waals surface area contributed by atoms with Crippen molar-refractivity contribution in [2.75, 3.05) is 31.2 Å². The quantitative estimate of drug-likeness (QED) is 0.753. The summed E-state index contributed by atoms with van der Waals surface area (Å²) in [6, 6.07) is 5.58. The number of anilines is 2. The highest BCUT2D eigenvalue weighted by atomic mass is 16.1. The zero-order chi connectivity index (χ0) is 15.1. The van der Waals surface area contributed by atoms with Gasteiger partial charge < -0.3 is 16.0 Å². The highest BCUT2D eigenvalue weighted by molar-refractivity contribution is 5.92. The number of nitrogen functional groups attached to an aromatic ring is 1. The molecular formula is C16H27N3O. The number of benzene rings is 1. The topological polar surface area (TPSA) is 58.4 Å². The van der Waals surface area contributed by atoms with E-state index in [-0.39, 0.29) is 5.91 Å². The second-order valence-electron chi connectivity index (χ2n) is 5.83. The van der Waals surface area contributed by atoms with Crippen LogP contribution in [0.5, 0.6) is 0 Å². The van der Waals surface area contributed by atoms with E-state index >= 15 is 0 Å². The fourth-order valence-corrected chi connectivity index (χ4v) is 2.23. The molecule has 0 aliphatic carbocycles. The lowest BCUT2D eigenvalue weighted by Crippen LogP contribution is -2.25. The first kappa shape index (κ1) is 16.5. The molecule has 0 heterocycles. The molecule has 0 spiro atoms. The minimum atomic E-state index is 0.0525. The van der Waals surface area contributed by atoms with Gasteiger partial charge in [0.2, 0.25) is 5.91 Å². The molecule has 0 unspecified atom stereocenters. The summed E-state index contributed by atoms with van der Waals surface area (Å²) in [6.45, 7) is 8.33. The number of nitrogens with one attached hydrogen (secondary N) is 1. The van der Waals surface area contributed by atoms with Crippen LogP contribution in [0.15, 0.2) is 18.2 Å². The van der Waals surface area contributed by atoms with Crippen LogP contribution < -0.4 is 11.1 Å². The molecule has 0 saturated heterocycles. The molecule has 20 heavy (non-hydrogen) atoms. The first-order valence-electron chi connectivity index (χ1n) is 7.23. The molecule has 112 valence electrons. The van der Waals surface area contributed by atoms with Crippen molar-refractivity contribution < 1.29 is 4.79 Å². The molecule has 0 aliphatic heterocycles. The summed E-state index contributed by atoms with van der Waals surface area (Å²) in [5, 5.41) is 2.93. The molecule has 0 fully saturated rings. The molecule has 4 nitrogen and oxygen atoms in total. The predicted molar refractivity (Wildman–Crippen MR) is 85.8 cm³/mol. The van der Waals surface area contributed by atoms with Crippen molar-refractivity contribution in [3.63, 3.8) is 0 Å². The Labute approximate surface area is 122 Å². The van der Waals surface area contributed by atoms with Gasteiger partial charge in [0, 0.05) is 24.3 Å². The molecule has 0 atom stereocenters. The maximum atomic E-state index is 11.9. The number of nitrogens with two attached hydrogens (primary N) is 1. The molecule has 4 heteroatoms. The van der Waals surface area contributed by atoms with Crippen molar-refractivity contribution in [3.8, 4) is 0 Å². The average molecular weight is 277 g/mol. The summed E-state index contributed by atoms with van der Waals surface area (Å²) in [6.07, 6.45) is 1.41. The van der Waals surface area contributed by atoms with Gasteiger partial charge in [0.25, 0.3) is 0 Å². The second-order valence-corrected chi connectivity index (χ2v) is 5.83. The number of carbonyl (C=O) groups is 1. The molecular weight excluding hydrogens is 250 g/mol. The van der Waals surface area contributed by atoms with E-state index in [9.17, 15) is 4.79 Å². The summed E-state index contributed by atoms with van der Waals surface area (Å²) >= 11 is 0. The van der Waals surface area contributed by atoms with Crippen molar-refractivity contribution in [1.82, 2.24) is 4.90 Å². The van der Waals surface area contributed by atoms with Crippen LogP contribution in [-0.4, -0.2) is 30.9 Å². The first-order valence-corrected chi connectivity index (χ1v) is 7.23. The zero-order valence-corrected chi connectivity index (χ0v) is 13.1. The van der Waals surface area contributed by atoms with Crippen molar-refractivity contribution in [2.45, 2.75) is 33.6 Å². The fraction of sp³-hybridized carbons (Fsp3) is 0.562. The van der Waals surface area contributed by atoms with E-state index in [0.29, 0.717) is 18.0 Å². The average Bonchev–Trinajstić information content (AvgIpc) is 2.34. The van der Waals surface area contributed by atoms with Crippen LogP contribution >= 0.6 is 0 Å². The highest BCUT2D eigenvalue weighted by Gasteiger charge is 2.07. The van der Waals surface area contributed by atoms with E-state index in [0.717, 1.165) is 30.8 Å². The molecule has 0 saturated carbocycles. The molecule has 1 rings (SSSR count). The molecule has 1 aromatic rings. The van der Waals surface area contributed by atoms with E-state index in [1.807, 2.05) is 25.1 Å². The largest absolute Gasteiger partial charge is 0.398 e. The Morgan fingerprint density at radius 2 is 2.10 bits per heavy atom. The first-order chi connectivity index (χ1) is 9.40. The Morgan fingerprint density at radius 3 is 2.75 bits per heavy atom. The Bertz CT molecular complexity index is 443. The third-order valence-corrected chi connectivity index (χ3v) is 3.27. The monoisotopic (exact) mass is 277 g/mol. The molecule has 3 N–H and O–H groups in total. The summed E-state index contributed by atoms with van der Waals surface area (Å²) < 4.78 is 0. The smallest absolute Gasteiger partial charge is 0.224 e. The number of carbonyl (C=O) groups excluding carboxylic acids is 1. The van der Waals surface area contributed by atoms with Gasteiger partial charge in [0.15, 0.2) is 0 Å². The SMILES string of the molecule is Cc1c(N)cccc1NC(=O)CCCN(C)CC(C)C. The van der Waals surface area contributed by atoms with Crippen molar-refractivity contribution in [1.29, 1.82) is 0 Å². The van der Waals surface area contributed by atoms with Gasteiger partial charge in [-0.1, -0.05) is 19.9 Å². The standard InChI is InChI=1S/C16H27N3O/c1-12(2)11-19(4)10-6-9-16(20)18-15-8-5-7-14(17)13(15)3/h5,7-8,12H,6,9-11,17H2,1-4H3,(H,18,20). The van der Waals surface area contributed by atoms with Crippen LogP contribution in [0.25, 0.3) is 0 Å². The van der Waals surface area contributed by atoms with Crippen LogP contribution in [0.4, 0.5) is 11.4 Å². The molecule has 0 aromatic heterocycles. The third-order valence-electron chi connectivity index (χ3n) is 3.27. The summed E-state index contributed by atoms with van der Waals surface area (Å²) in [5.74, 6) is 0.709. The highest BCUT2D eigenvalue weighted by Crippen LogP contribution is 2.20. The molecule has 0 aliphatic rings. The lowest BCUT2D eigenvalue weighted by atomic mass is 10.1. The van der Waals surface area contributed by atoms with Gasteiger partial charge in [0.05, 0.1) is 0 Å². The van der Waals surface area contributed by atoms with Crippen LogP contribution in [-0.2, 0) is 4.79 Å². The van der Waals surface area contributed by atoms with Crippen LogP contribution in [0, 0.1) is 12.8 Å². The summed E-state index contributed by atoms with van der Waals surface area (Å²) in [5.41, 5.74) is 8.27.